The van der Waals surface area contributed by atoms with E-state index in [-0.39, 0.29) is 30.8 Å². The molecule has 4 fully saturated rings. The van der Waals surface area contributed by atoms with Crippen molar-refractivity contribution in [3.8, 4) is 0 Å². The lowest BCUT2D eigenvalue weighted by molar-refractivity contribution is -0.134. The van der Waals surface area contributed by atoms with Crippen LogP contribution in [0.4, 0.5) is 4.79 Å². The number of carbonyl (C=O) groups excluding carboxylic acids is 2. The van der Waals surface area contributed by atoms with Crippen molar-refractivity contribution in [3.05, 3.63) is 0 Å². The second-order valence-corrected chi connectivity index (χ2v) is 11.0. The number of piperazine rings is 1. The van der Waals surface area contributed by atoms with Crippen LogP contribution in [0.15, 0.2) is 0 Å². The van der Waals surface area contributed by atoms with Crippen molar-refractivity contribution in [2.24, 2.45) is 0 Å². The van der Waals surface area contributed by atoms with E-state index >= 15 is 0 Å². The van der Waals surface area contributed by atoms with Crippen LogP contribution in [0.25, 0.3) is 0 Å². The first-order valence-electron chi connectivity index (χ1n) is 11.0. The van der Waals surface area contributed by atoms with Crippen LogP contribution < -0.4 is 5.32 Å². The summed E-state index contributed by atoms with van der Waals surface area (Å²) in [5.74, 6) is -0.126. The molecule has 4 aliphatic rings. The fourth-order valence-electron chi connectivity index (χ4n) is 5.08. The Hall–Kier alpha value is -1.27. The van der Waals surface area contributed by atoms with Crippen molar-refractivity contribution in [2.45, 2.75) is 63.7 Å². The van der Waals surface area contributed by atoms with Gasteiger partial charge in [-0.25, -0.2) is 9.69 Å². The number of imide groups is 1. The fourth-order valence-corrected chi connectivity index (χ4v) is 6.83. The minimum Gasteiger partial charge on any atom is -0.373 e. The number of hydrogen-bond acceptors (Lipinski definition) is 6. The highest BCUT2D eigenvalue weighted by molar-refractivity contribution is 7.86. The van der Waals surface area contributed by atoms with E-state index in [4.69, 9.17) is 4.74 Å². The maximum absolute atomic E-state index is 13.0. The van der Waals surface area contributed by atoms with Gasteiger partial charge in [0, 0.05) is 39.3 Å². The number of nitrogens with one attached hydrogen (secondary N) is 1. The van der Waals surface area contributed by atoms with Gasteiger partial charge in [-0.1, -0.05) is 19.3 Å². The van der Waals surface area contributed by atoms with Gasteiger partial charge in [0.1, 0.15) is 5.54 Å². The van der Waals surface area contributed by atoms with E-state index in [1.54, 1.807) is 0 Å². The van der Waals surface area contributed by atoms with E-state index in [1.807, 2.05) is 18.7 Å². The molecular weight excluding hydrogens is 410 g/mol. The summed E-state index contributed by atoms with van der Waals surface area (Å²) in [6, 6.07) is -0.326. The van der Waals surface area contributed by atoms with E-state index in [0.29, 0.717) is 52.1 Å². The molecule has 170 valence electrons. The van der Waals surface area contributed by atoms with Gasteiger partial charge >= 0.3 is 6.03 Å². The van der Waals surface area contributed by atoms with Crippen LogP contribution in [-0.2, 0) is 19.7 Å². The predicted octanol–water partition coefficient (Wildman–Crippen LogP) is 0.170. The predicted molar refractivity (Wildman–Crippen MR) is 110 cm³/mol. The molecule has 1 spiro atoms. The molecule has 3 aliphatic heterocycles. The quantitative estimate of drug-likeness (QED) is 0.622. The zero-order valence-corrected chi connectivity index (χ0v) is 18.7. The van der Waals surface area contributed by atoms with Crippen molar-refractivity contribution >= 4 is 22.1 Å². The molecule has 30 heavy (non-hydrogen) atoms. The fraction of sp³-hybridized carbons (Fsp3) is 0.895. The minimum absolute atomic E-state index is 0.126. The lowest BCUT2D eigenvalue weighted by Gasteiger charge is -2.40. The van der Waals surface area contributed by atoms with Gasteiger partial charge in [-0.05, 0) is 26.7 Å². The molecule has 0 aromatic heterocycles. The van der Waals surface area contributed by atoms with Crippen molar-refractivity contribution < 1.29 is 22.7 Å². The Labute approximate surface area is 178 Å². The lowest BCUT2D eigenvalue weighted by atomic mass is 9.82. The zero-order chi connectivity index (χ0) is 21.5. The van der Waals surface area contributed by atoms with Gasteiger partial charge in [-0.15, -0.1) is 0 Å². The molecule has 0 radical (unpaired) electrons. The van der Waals surface area contributed by atoms with E-state index in [2.05, 4.69) is 5.32 Å². The Morgan fingerprint density at radius 1 is 0.967 bits per heavy atom. The first-order chi connectivity index (χ1) is 14.2. The summed E-state index contributed by atoms with van der Waals surface area (Å²) in [5.41, 5.74) is -0.718. The van der Waals surface area contributed by atoms with E-state index in [9.17, 15) is 18.0 Å². The van der Waals surface area contributed by atoms with Gasteiger partial charge in [-0.2, -0.15) is 17.0 Å². The van der Waals surface area contributed by atoms with Crippen LogP contribution in [0.2, 0.25) is 0 Å². The van der Waals surface area contributed by atoms with Gasteiger partial charge in [0.05, 0.1) is 18.9 Å². The lowest BCUT2D eigenvalue weighted by Crippen LogP contribution is -2.58. The van der Waals surface area contributed by atoms with E-state index in [0.717, 1.165) is 19.3 Å². The van der Waals surface area contributed by atoms with Crippen molar-refractivity contribution in [1.29, 1.82) is 0 Å². The van der Waals surface area contributed by atoms with E-state index < -0.39 is 15.7 Å². The molecule has 3 heterocycles. The van der Waals surface area contributed by atoms with Crippen molar-refractivity contribution in [1.82, 2.24) is 23.7 Å². The SMILES string of the molecule is C[C@@H]1CN(S(=O)(=O)N2CCN(CN3C(=O)NC4(CCCCC4)C3=O)CC2)C[C@@H](C)O1. The number of nitrogens with zero attached hydrogens (tertiary/aromatic N) is 4. The van der Waals surface area contributed by atoms with Crippen LogP contribution in [-0.4, -0.2) is 102 Å². The second-order valence-electron chi connectivity index (χ2n) is 9.05. The first kappa shape index (κ1) is 21.9. The molecule has 10 nitrogen and oxygen atoms in total. The number of amides is 3. The molecule has 0 aromatic rings. The molecule has 3 saturated heterocycles. The Kier molecular flexibility index (Phi) is 6.10. The average molecular weight is 444 g/mol. The highest BCUT2D eigenvalue weighted by Crippen LogP contribution is 2.33. The maximum Gasteiger partial charge on any atom is 0.326 e. The molecule has 1 saturated carbocycles. The summed E-state index contributed by atoms with van der Waals surface area (Å²) in [6.45, 7) is 6.35. The smallest absolute Gasteiger partial charge is 0.326 e. The standard InChI is InChI=1S/C19H33N5O5S/c1-15-12-23(13-16(2)29-15)30(27,28)22-10-8-21(9-11-22)14-24-17(25)19(20-18(24)26)6-4-3-5-7-19/h15-16H,3-14H2,1-2H3,(H,20,26)/t15-,16-/m1/s1. The molecule has 1 N–H and O–H groups in total. The minimum atomic E-state index is -3.55. The normalized spacial score (nSPS) is 32.0. The van der Waals surface area contributed by atoms with Crippen LogP contribution in [0.5, 0.6) is 0 Å². The van der Waals surface area contributed by atoms with Crippen LogP contribution >= 0.6 is 0 Å². The topological polar surface area (TPSA) is 103 Å². The number of urea groups is 1. The Morgan fingerprint density at radius 3 is 2.17 bits per heavy atom. The molecule has 0 aromatic carbocycles. The maximum atomic E-state index is 13.0. The summed E-state index contributed by atoms with van der Waals surface area (Å²) in [7, 11) is -3.55. The molecule has 4 rings (SSSR count). The number of hydrogen-bond donors (Lipinski definition) is 1. The molecular formula is C19H33N5O5S. The van der Waals surface area contributed by atoms with Crippen LogP contribution in [0.1, 0.15) is 46.0 Å². The molecule has 0 unspecified atom stereocenters. The largest absolute Gasteiger partial charge is 0.373 e. The van der Waals surface area contributed by atoms with Gasteiger partial charge < -0.3 is 10.1 Å². The van der Waals surface area contributed by atoms with Gasteiger partial charge in [-0.3, -0.25) is 9.69 Å². The zero-order valence-electron chi connectivity index (χ0n) is 17.9. The molecule has 11 heteroatoms. The summed E-state index contributed by atoms with van der Waals surface area (Å²) in [5, 5.41) is 2.93. The number of rotatable bonds is 4. The second kappa shape index (κ2) is 8.34. The summed E-state index contributed by atoms with van der Waals surface area (Å²) in [4.78, 5) is 28.7. The van der Waals surface area contributed by atoms with Gasteiger partial charge in [0.2, 0.25) is 0 Å². The third-order valence-corrected chi connectivity index (χ3v) is 8.63. The highest BCUT2D eigenvalue weighted by Gasteiger charge is 2.51. The first-order valence-corrected chi connectivity index (χ1v) is 12.4. The Bertz CT molecular complexity index is 766. The van der Waals surface area contributed by atoms with Gasteiger partial charge in [0.15, 0.2) is 0 Å². The number of carbonyl (C=O) groups is 2. The number of morpholine rings is 1. The Morgan fingerprint density at radius 2 is 1.57 bits per heavy atom. The summed E-state index contributed by atoms with van der Waals surface area (Å²) in [6.07, 6.45) is 4.16. The molecule has 3 amide bonds. The van der Waals surface area contributed by atoms with E-state index in [1.165, 1.54) is 13.5 Å². The average Bonchev–Trinajstić information content (AvgIpc) is 2.92. The van der Waals surface area contributed by atoms with Gasteiger partial charge in [0.25, 0.3) is 16.1 Å². The molecule has 1 aliphatic carbocycles. The monoisotopic (exact) mass is 443 g/mol. The highest BCUT2D eigenvalue weighted by atomic mass is 32.2. The van der Waals surface area contributed by atoms with Crippen molar-refractivity contribution in [3.63, 3.8) is 0 Å². The third kappa shape index (κ3) is 4.10. The summed E-state index contributed by atoms with van der Waals surface area (Å²) < 4.78 is 34.7. The van der Waals surface area contributed by atoms with Crippen LogP contribution in [0.3, 0.4) is 0 Å². The Balaban J connectivity index is 1.34. The van der Waals surface area contributed by atoms with Crippen molar-refractivity contribution in [2.75, 3.05) is 45.9 Å². The molecule has 0 bridgehead atoms. The number of ether oxygens (including phenoxy) is 1. The molecule has 2 atom stereocenters. The summed E-state index contributed by atoms with van der Waals surface area (Å²) >= 11 is 0. The third-order valence-electron chi connectivity index (χ3n) is 6.66. The van der Waals surface area contributed by atoms with Crippen LogP contribution in [0, 0.1) is 0 Å².